The van der Waals surface area contributed by atoms with Crippen molar-refractivity contribution >= 4 is 0 Å². The van der Waals surface area contributed by atoms with Gasteiger partial charge in [-0.15, -0.1) is 0 Å². The number of ether oxygens (including phenoxy) is 2. The van der Waals surface area contributed by atoms with Crippen LogP contribution in [0.4, 0.5) is 0 Å². The number of pyridine rings is 1. The number of aliphatic hydroxyl groups is 1. The third-order valence-electron chi connectivity index (χ3n) is 3.86. The largest absolute Gasteiger partial charge is 0.492 e. The van der Waals surface area contributed by atoms with Crippen LogP contribution in [0.3, 0.4) is 0 Å². The molecule has 0 aromatic carbocycles. The number of rotatable bonds is 5. The van der Waals surface area contributed by atoms with Gasteiger partial charge in [0.2, 0.25) is 0 Å². The van der Waals surface area contributed by atoms with Gasteiger partial charge in [0.05, 0.1) is 32.1 Å². The lowest BCUT2D eigenvalue weighted by atomic mass is 9.90. The van der Waals surface area contributed by atoms with Crippen LogP contribution in [-0.4, -0.2) is 53.4 Å². The topological polar surface area (TPSA) is 54.8 Å². The van der Waals surface area contributed by atoms with Gasteiger partial charge >= 0.3 is 0 Å². The molecule has 1 saturated heterocycles. The van der Waals surface area contributed by atoms with Crippen LogP contribution >= 0.6 is 0 Å². The Kier molecular flexibility index (Phi) is 4.96. The Morgan fingerprint density at radius 1 is 1.40 bits per heavy atom. The summed E-state index contributed by atoms with van der Waals surface area (Å²) in [5.41, 5.74) is 0.420. The van der Waals surface area contributed by atoms with Crippen LogP contribution in [-0.2, 0) is 4.74 Å². The van der Waals surface area contributed by atoms with Gasteiger partial charge in [-0.05, 0) is 26.8 Å². The van der Waals surface area contributed by atoms with Crippen molar-refractivity contribution in [1.29, 1.82) is 0 Å². The Balaban J connectivity index is 2.15. The minimum Gasteiger partial charge on any atom is -0.492 e. The predicted octanol–water partition coefficient (Wildman–Crippen LogP) is 1.62. The zero-order valence-corrected chi connectivity index (χ0v) is 12.5. The molecule has 0 spiro atoms. The molecular weight excluding hydrogens is 256 g/mol. The zero-order chi connectivity index (χ0) is 14.6. The van der Waals surface area contributed by atoms with E-state index in [4.69, 9.17) is 9.47 Å². The smallest absolute Gasteiger partial charge is 0.137 e. The molecule has 1 unspecified atom stereocenters. The molecule has 1 atom stereocenters. The molecule has 2 heterocycles. The van der Waals surface area contributed by atoms with Crippen molar-refractivity contribution in [3.05, 3.63) is 24.0 Å². The summed E-state index contributed by atoms with van der Waals surface area (Å²) in [4.78, 5) is 6.41. The standard InChI is InChI=1S/C15H24N2O3/c1-4-20-13-9-12(10-16-11-13)14(18)15(2,3)17-5-7-19-8-6-17/h9-11,14,18H,4-8H2,1-3H3. The Bertz CT molecular complexity index is 431. The number of nitrogens with zero attached hydrogens (tertiary/aromatic N) is 2. The van der Waals surface area contributed by atoms with Crippen molar-refractivity contribution in [1.82, 2.24) is 9.88 Å². The van der Waals surface area contributed by atoms with Crippen molar-refractivity contribution in [2.45, 2.75) is 32.4 Å². The maximum atomic E-state index is 10.7. The van der Waals surface area contributed by atoms with Crippen molar-refractivity contribution in [2.24, 2.45) is 0 Å². The minimum absolute atomic E-state index is 0.365. The molecule has 0 saturated carbocycles. The predicted molar refractivity (Wildman–Crippen MR) is 76.8 cm³/mol. The average Bonchev–Trinajstić information content (AvgIpc) is 2.48. The van der Waals surface area contributed by atoms with E-state index in [0.717, 1.165) is 18.7 Å². The van der Waals surface area contributed by atoms with E-state index in [1.807, 2.05) is 13.0 Å². The summed E-state index contributed by atoms with van der Waals surface area (Å²) in [5, 5.41) is 10.7. The maximum absolute atomic E-state index is 10.7. The molecule has 0 bridgehead atoms. The first kappa shape index (κ1) is 15.2. The van der Waals surface area contributed by atoms with Gasteiger partial charge in [-0.3, -0.25) is 9.88 Å². The molecule has 0 amide bonds. The lowest BCUT2D eigenvalue weighted by Crippen LogP contribution is -2.53. The normalized spacial score (nSPS) is 18.8. The molecule has 2 rings (SSSR count). The van der Waals surface area contributed by atoms with E-state index in [-0.39, 0.29) is 5.54 Å². The molecule has 1 aliphatic rings. The first-order chi connectivity index (χ1) is 9.55. The number of aliphatic hydroxyl groups excluding tert-OH is 1. The van der Waals surface area contributed by atoms with Crippen molar-refractivity contribution < 1.29 is 14.6 Å². The summed E-state index contributed by atoms with van der Waals surface area (Å²) in [7, 11) is 0. The van der Waals surface area contributed by atoms with Gasteiger partial charge in [-0.2, -0.15) is 0 Å². The van der Waals surface area contributed by atoms with Crippen molar-refractivity contribution in [3.63, 3.8) is 0 Å². The molecule has 1 aromatic rings. The third-order valence-corrected chi connectivity index (χ3v) is 3.86. The van der Waals surface area contributed by atoms with Crippen molar-refractivity contribution in [3.8, 4) is 5.75 Å². The van der Waals surface area contributed by atoms with Gasteiger partial charge < -0.3 is 14.6 Å². The second kappa shape index (κ2) is 6.52. The first-order valence-electron chi connectivity index (χ1n) is 7.14. The molecule has 0 aliphatic carbocycles. The van der Waals surface area contributed by atoms with Gasteiger partial charge in [0, 0.05) is 30.4 Å². The average molecular weight is 280 g/mol. The van der Waals surface area contributed by atoms with E-state index < -0.39 is 6.10 Å². The SMILES string of the molecule is CCOc1cncc(C(O)C(C)(C)N2CCOCC2)c1. The van der Waals surface area contributed by atoms with E-state index in [0.29, 0.717) is 25.6 Å². The molecule has 0 radical (unpaired) electrons. The third kappa shape index (κ3) is 3.29. The van der Waals surface area contributed by atoms with Gasteiger partial charge in [0.15, 0.2) is 0 Å². The Labute approximate surface area is 120 Å². The summed E-state index contributed by atoms with van der Waals surface area (Å²) in [5.74, 6) is 0.696. The fourth-order valence-electron chi connectivity index (χ4n) is 2.55. The van der Waals surface area contributed by atoms with Crippen LogP contribution in [0.15, 0.2) is 18.5 Å². The quantitative estimate of drug-likeness (QED) is 0.888. The lowest BCUT2D eigenvalue weighted by Gasteiger charge is -2.43. The van der Waals surface area contributed by atoms with E-state index in [1.165, 1.54) is 0 Å². The highest BCUT2D eigenvalue weighted by Gasteiger charge is 2.36. The summed E-state index contributed by atoms with van der Waals surface area (Å²) in [6.07, 6.45) is 2.75. The molecule has 1 N–H and O–H groups in total. The van der Waals surface area contributed by atoms with E-state index in [2.05, 4.69) is 23.7 Å². The second-order valence-electron chi connectivity index (χ2n) is 5.54. The lowest BCUT2D eigenvalue weighted by molar-refractivity contribution is -0.0631. The maximum Gasteiger partial charge on any atom is 0.137 e. The van der Waals surface area contributed by atoms with E-state index in [9.17, 15) is 5.11 Å². The van der Waals surface area contributed by atoms with Crippen LogP contribution in [0.25, 0.3) is 0 Å². The Morgan fingerprint density at radius 2 is 2.10 bits per heavy atom. The van der Waals surface area contributed by atoms with Gasteiger partial charge in [0.1, 0.15) is 5.75 Å². The molecule has 112 valence electrons. The molecule has 20 heavy (non-hydrogen) atoms. The van der Waals surface area contributed by atoms with Crippen molar-refractivity contribution in [2.75, 3.05) is 32.9 Å². The number of hydrogen-bond donors (Lipinski definition) is 1. The first-order valence-corrected chi connectivity index (χ1v) is 7.14. The molecular formula is C15H24N2O3. The van der Waals surface area contributed by atoms with Crippen LogP contribution in [0, 0.1) is 0 Å². The summed E-state index contributed by atoms with van der Waals surface area (Å²) < 4.78 is 10.8. The van der Waals surface area contributed by atoms with Crippen LogP contribution in [0.1, 0.15) is 32.4 Å². The number of hydrogen-bond acceptors (Lipinski definition) is 5. The minimum atomic E-state index is -0.617. The highest BCUT2D eigenvalue weighted by atomic mass is 16.5. The van der Waals surface area contributed by atoms with E-state index in [1.54, 1.807) is 12.4 Å². The fraction of sp³-hybridized carbons (Fsp3) is 0.667. The van der Waals surface area contributed by atoms with Gasteiger partial charge in [-0.1, -0.05) is 0 Å². The highest BCUT2D eigenvalue weighted by Crippen LogP contribution is 2.32. The second-order valence-corrected chi connectivity index (χ2v) is 5.54. The number of aromatic nitrogens is 1. The Hall–Kier alpha value is -1.17. The number of morpholine rings is 1. The zero-order valence-electron chi connectivity index (χ0n) is 12.5. The molecule has 5 nitrogen and oxygen atoms in total. The summed E-state index contributed by atoms with van der Waals surface area (Å²) >= 11 is 0. The summed E-state index contributed by atoms with van der Waals surface area (Å²) in [6.45, 7) is 9.73. The summed E-state index contributed by atoms with van der Waals surface area (Å²) in [6, 6.07) is 1.86. The van der Waals surface area contributed by atoms with Crippen LogP contribution in [0.5, 0.6) is 5.75 Å². The highest BCUT2D eigenvalue weighted by molar-refractivity contribution is 5.27. The molecule has 1 aliphatic heterocycles. The molecule has 1 fully saturated rings. The van der Waals surface area contributed by atoms with Gasteiger partial charge in [0.25, 0.3) is 0 Å². The Morgan fingerprint density at radius 3 is 2.75 bits per heavy atom. The van der Waals surface area contributed by atoms with Gasteiger partial charge in [-0.25, -0.2) is 0 Å². The van der Waals surface area contributed by atoms with E-state index >= 15 is 0 Å². The monoisotopic (exact) mass is 280 g/mol. The fourth-order valence-corrected chi connectivity index (χ4v) is 2.55. The molecule has 5 heteroatoms. The van der Waals surface area contributed by atoms with Crippen LogP contribution < -0.4 is 4.74 Å². The van der Waals surface area contributed by atoms with Crippen LogP contribution in [0.2, 0.25) is 0 Å². The molecule has 1 aromatic heterocycles.